The smallest absolute Gasteiger partial charge is 0.256 e. The van der Waals surface area contributed by atoms with Gasteiger partial charge in [-0.25, -0.2) is 8.42 Å². The van der Waals surface area contributed by atoms with Crippen LogP contribution in [0.3, 0.4) is 0 Å². The summed E-state index contributed by atoms with van der Waals surface area (Å²) in [6.45, 7) is 13.7. The van der Waals surface area contributed by atoms with Crippen LogP contribution in [-0.2, 0) is 10.0 Å². The number of hydrogen-bond acceptors (Lipinski definition) is 8. The maximum absolute atomic E-state index is 13.0. The van der Waals surface area contributed by atoms with Crippen LogP contribution in [0.4, 0.5) is 5.69 Å². The van der Waals surface area contributed by atoms with Crippen molar-refractivity contribution < 1.29 is 13.5 Å². The monoisotopic (exact) mass is 545 g/mol. The lowest BCUT2D eigenvalue weighted by Gasteiger charge is -2.32. The van der Waals surface area contributed by atoms with Crippen LogP contribution in [-0.4, -0.2) is 48.3 Å². The van der Waals surface area contributed by atoms with Gasteiger partial charge in [0, 0.05) is 34.0 Å². The lowest BCUT2D eigenvalue weighted by molar-refractivity contribution is 0.291. The average Bonchev–Trinajstić information content (AvgIpc) is 3.29. The van der Waals surface area contributed by atoms with Gasteiger partial charge in [0.05, 0.1) is 11.7 Å². The summed E-state index contributed by atoms with van der Waals surface area (Å²) in [4.78, 5) is 2.29. The van der Waals surface area contributed by atoms with Gasteiger partial charge in [-0.15, -0.1) is 22.7 Å². The van der Waals surface area contributed by atoms with Crippen molar-refractivity contribution >= 4 is 62.0 Å². The van der Waals surface area contributed by atoms with E-state index in [9.17, 15) is 13.5 Å². The molecule has 8 nitrogen and oxygen atoms in total. The first-order chi connectivity index (χ1) is 15.5. The zero-order chi connectivity index (χ0) is 26.1. The lowest BCUT2D eigenvalue weighted by Crippen LogP contribution is -2.42. The first-order valence-corrected chi connectivity index (χ1v) is 14.9. The van der Waals surface area contributed by atoms with Gasteiger partial charge < -0.3 is 15.7 Å². The third-order valence-corrected chi connectivity index (χ3v) is 10.2. The molecule has 0 saturated heterocycles. The summed E-state index contributed by atoms with van der Waals surface area (Å²) in [7, 11) is -2.41. The summed E-state index contributed by atoms with van der Waals surface area (Å²) < 4.78 is 31.5. The van der Waals surface area contributed by atoms with Crippen LogP contribution in [0.25, 0.3) is 0 Å². The van der Waals surface area contributed by atoms with E-state index in [1.165, 1.54) is 21.6 Å². The van der Waals surface area contributed by atoms with E-state index < -0.39 is 15.6 Å². The van der Waals surface area contributed by atoms with Crippen molar-refractivity contribution in [1.29, 1.82) is 5.41 Å². The molecule has 2 heterocycles. The molecule has 0 spiro atoms. The molecule has 0 aliphatic rings. The molecule has 0 aliphatic heterocycles. The highest BCUT2D eigenvalue weighted by atomic mass is 32.2. The molecular weight excluding hydrogens is 511 g/mol. The largest absolute Gasteiger partial charge is 0.504 e. The SMILES string of the molecule is CS/N=C(/Nc1csc(S(=O)(=O)N(C)C(C)(C)C)c1O)C(=N)N[C@@H](c1ccc(C)s1)C(C)(C)C. The number of aromatic hydroxyl groups is 1. The Balaban J connectivity index is 2.34. The molecule has 12 heteroatoms. The topological polar surface area (TPSA) is 118 Å². The van der Waals surface area contributed by atoms with Crippen molar-refractivity contribution in [3.05, 3.63) is 27.3 Å². The minimum atomic E-state index is -3.90. The Kier molecular flexibility index (Phi) is 8.90. The number of nitrogens with one attached hydrogen (secondary N) is 3. The van der Waals surface area contributed by atoms with Crippen molar-refractivity contribution in [3.8, 4) is 5.75 Å². The first kappa shape index (κ1) is 28.6. The van der Waals surface area contributed by atoms with Crippen LogP contribution in [0.15, 0.2) is 26.1 Å². The van der Waals surface area contributed by atoms with Gasteiger partial charge in [0.25, 0.3) is 10.0 Å². The van der Waals surface area contributed by atoms with Crippen LogP contribution in [0.5, 0.6) is 5.75 Å². The fourth-order valence-corrected chi connectivity index (χ4v) is 7.38. The molecule has 0 bridgehead atoms. The van der Waals surface area contributed by atoms with E-state index in [-0.39, 0.29) is 38.8 Å². The van der Waals surface area contributed by atoms with E-state index in [2.05, 4.69) is 47.9 Å². The van der Waals surface area contributed by atoms with Crippen LogP contribution in [0.1, 0.15) is 57.3 Å². The quantitative estimate of drug-likeness (QED) is 0.211. The van der Waals surface area contributed by atoms with E-state index in [1.807, 2.05) is 6.92 Å². The second-order valence-electron chi connectivity index (χ2n) is 9.94. The summed E-state index contributed by atoms with van der Waals surface area (Å²) in [5.74, 6) is -0.151. The second-order valence-corrected chi connectivity index (χ2v) is 14.9. The number of anilines is 1. The van der Waals surface area contributed by atoms with Crippen molar-refractivity contribution in [1.82, 2.24) is 9.62 Å². The Labute approximate surface area is 215 Å². The fourth-order valence-electron chi connectivity index (χ4n) is 2.98. The number of thiophene rings is 2. The summed E-state index contributed by atoms with van der Waals surface area (Å²) in [6, 6.07) is 3.97. The number of hydrogen-bond donors (Lipinski definition) is 4. The van der Waals surface area contributed by atoms with Crippen molar-refractivity contribution in [2.45, 2.75) is 64.3 Å². The van der Waals surface area contributed by atoms with Gasteiger partial charge in [0.2, 0.25) is 0 Å². The number of amidine groups is 2. The first-order valence-electron chi connectivity index (χ1n) is 10.6. The molecule has 0 aliphatic carbocycles. The summed E-state index contributed by atoms with van der Waals surface area (Å²) in [5.41, 5.74) is -0.649. The molecule has 2 aromatic heterocycles. The minimum absolute atomic E-state index is 0.0437. The Morgan fingerprint density at radius 1 is 1.24 bits per heavy atom. The van der Waals surface area contributed by atoms with Gasteiger partial charge in [0.15, 0.2) is 21.6 Å². The zero-order valence-corrected chi connectivity index (χ0v) is 24.4. The van der Waals surface area contributed by atoms with Crippen LogP contribution < -0.4 is 10.6 Å². The third-order valence-electron chi connectivity index (χ3n) is 5.14. The molecule has 4 N–H and O–H groups in total. The Morgan fingerprint density at radius 3 is 2.32 bits per heavy atom. The van der Waals surface area contributed by atoms with Crippen molar-refractivity contribution in [2.75, 3.05) is 18.6 Å². The van der Waals surface area contributed by atoms with Crippen LogP contribution >= 0.6 is 34.6 Å². The highest BCUT2D eigenvalue weighted by Crippen LogP contribution is 2.40. The number of aryl methyl sites for hydroxylation is 1. The second kappa shape index (κ2) is 10.6. The Morgan fingerprint density at radius 2 is 1.85 bits per heavy atom. The highest BCUT2D eigenvalue weighted by Gasteiger charge is 2.35. The molecular formula is C22H35N5O3S4. The molecule has 0 fully saturated rings. The third kappa shape index (κ3) is 6.54. The normalized spacial score (nSPS) is 14.4. The Bertz CT molecular complexity index is 1150. The molecule has 2 rings (SSSR count). The van der Waals surface area contributed by atoms with E-state index in [1.54, 1.807) is 38.4 Å². The number of sulfonamides is 1. The van der Waals surface area contributed by atoms with Crippen LogP contribution in [0.2, 0.25) is 0 Å². The summed E-state index contributed by atoms with van der Waals surface area (Å²) in [6.07, 6.45) is 1.76. The fraction of sp³-hybridized carbons (Fsp3) is 0.545. The zero-order valence-electron chi connectivity index (χ0n) is 21.1. The molecule has 0 saturated carbocycles. The van der Waals surface area contributed by atoms with Gasteiger partial charge >= 0.3 is 0 Å². The van der Waals surface area contributed by atoms with Crippen LogP contribution in [0, 0.1) is 17.7 Å². The molecule has 0 unspecified atom stereocenters. The van der Waals surface area contributed by atoms with Gasteiger partial charge in [-0.1, -0.05) is 20.8 Å². The van der Waals surface area contributed by atoms with Gasteiger partial charge in [-0.3, -0.25) is 5.41 Å². The maximum Gasteiger partial charge on any atom is 0.256 e. The molecule has 190 valence electrons. The predicted octanol–water partition coefficient (Wildman–Crippen LogP) is 5.69. The molecule has 0 radical (unpaired) electrons. The van der Waals surface area contributed by atoms with Crippen molar-refractivity contribution in [3.63, 3.8) is 0 Å². The van der Waals surface area contributed by atoms with E-state index >= 15 is 0 Å². The van der Waals surface area contributed by atoms with Gasteiger partial charge in [-0.2, -0.15) is 8.70 Å². The Hall–Kier alpha value is -1.60. The molecule has 34 heavy (non-hydrogen) atoms. The maximum atomic E-state index is 13.0. The van der Waals surface area contributed by atoms with Gasteiger partial charge in [-0.05, 0) is 57.2 Å². The number of nitrogens with zero attached hydrogens (tertiary/aromatic N) is 2. The van der Waals surface area contributed by atoms with Gasteiger partial charge in [0.1, 0.15) is 0 Å². The van der Waals surface area contributed by atoms with E-state index in [4.69, 9.17) is 5.41 Å². The summed E-state index contributed by atoms with van der Waals surface area (Å²) in [5, 5.41) is 27.2. The standard InChI is InChI=1S/C22H35N5O3S4/c1-13-10-11-15(33-13)17(21(2,3)4)25-18(23)19(26-31-9)24-14-12-32-20(16(14)28)34(29,30)27(8)22(5,6)7/h10-12,17,28H,1-9H3,(H2,23,25)(H,24,26)/t17-/m0/s1. The minimum Gasteiger partial charge on any atom is -0.504 e. The molecule has 0 aromatic carbocycles. The predicted molar refractivity (Wildman–Crippen MR) is 147 cm³/mol. The van der Waals surface area contributed by atoms with Crippen molar-refractivity contribution in [2.24, 2.45) is 9.81 Å². The average molecular weight is 546 g/mol. The lowest BCUT2D eigenvalue weighted by atomic mass is 9.85. The van der Waals surface area contributed by atoms with E-state index in [0.29, 0.717) is 0 Å². The number of rotatable bonds is 6. The van der Waals surface area contributed by atoms with E-state index in [0.717, 1.165) is 28.2 Å². The molecule has 1 atom stereocenters. The molecule has 0 amide bonds. The molecule has 2 aromatic rings. The highest BCUT2D eigenvalue weighted by molar-refractivity contribution is 7.97. The summed E-state index contributed by atoms with van der Waals surface area (Å²) >= 11 is 3.76.